The standard InChI is InChI=1S/C17H15N3O/c1-2-17-20-15-9-14(7-8-16(15)21-17)19-11-13-6-4-3-5-12(13)10-18/h3-9,19H,2,11H2,1H3. The highest BCUT2D eigenvalue weighted by atomic mass is 16.3. The second-order valence-electron chi connectivity index (χ2n) is 4.77. The summed E-state index contributed by atoms with van der Waals surface area (Å²) < 4.78 is 5.59. The highest BCUT2D eigenvalue weighted by Gasteiger charge is 2.05. The van der Waals surface area contributed by atoms with Crippen LogP contribution in [0.15, 0.2) is 46.9 Å². The molecular formula is C17H15N3O. The number of aromatic nitrogens is 1. The average Bonchev–Trinajstić information content (AvgIpc) is 2.95. The van der Waals surface area contributed by atoms with Crippen molar-refractivity contribution in [3.05, 3.63) is 59.5 Å². The van der Waals surface area contributed by atoms with Crippen LogP contribution in [0.25, 0.3) is 11.1 Å². The Balaban J connectivity index is 1.80. The maximum absolute atomic E-state index is 9.09. The molecule has 0 aliphatic carbocycles. The molecule has 0 amide bonds. The zero-order chi connectivity index (χ0) is 14.7. The molecule has 3 aromatic rings. The van der Waals surface area contributed by atoms with Gasteiger partial charge in [0.1, 0.15) is 5.52 Å². The zero-order valence-corrected chi connectivity index (χ0v) is 11.8. The van der Waals surface area contributed by atoms with Crippen LogP contribution in [0.5, 0.6) is 0 Å². The number of nitrogens with zero attached hydrogens (tertiary/aromatic N) is 2. The fourth-order valence-corrected chi connectivity index (χ4v) is 2.22. The quantitative estimate of drug-likeness (QED) is 0.786. The van der Waals surface area contributed by atoms with Gasteiger partial charge in [-0.3, -0.25) is 0 Å². The van der Waals surface area contributed by atoms with Crippen molar-refractivity contribution in [3.8, 4) is 6.07 Å². The van der Waals surface area contributed by atoms with E-state index in [1.807, 2.05) is 49.4 Å². The second-order valence-corrected chi connectivity index (χ2v) is 4.77. The predicted octanol–water partition coefficient (Wildman–Crippen LogP) is 3.87. The van der Waals surface area contributed by atoms with Gasteiger partial charge < -0.3 is 9.73 Å². The van der Waals surface area contributed by atoms with Gasteiger partial charge in [-0.1, -0.05) is 25.1 Å². The van der Waals surface area contributed by atoms with Crippen LogP contribution >= 0.6 is 0 Å². The van der Waals surface area contributed by atoms with Crippen molar-refractivity contribution in [2.24, 2.45) is 0 Å². The zero-order valence-electron chi connectivity index (χ0n) is 11.8. The lowest BCUT2D eigenvalue weighted by Gasteiger charge is -2.07. The molecule has 0 unspecified atom stereocenters. The molecule has 0 saturated heterocycles. The first-order valence-electron chi connectivity index (χ1n) is 6.91. The van der Waals surface area contributed by atoms with Crippen molar-refractivity contribution in [1.29, 1.82) is 5.26 Å². The van der Waals surface area contributed by atoms with Crippen molar-refractivity contribution in [2.45, 2.75) is 19.9 Å². The smallest absolute Gasteiger partial charge is 0.195 e. The van der Waals surface area contributed by atoms with Crippen LogP contribution in [-0.4, -0.2) is 4.98 Å². The Morgan fingerprint density at radius 1 is 1.24 bits per heavy atom. The van der Waals surface area contributed by atoms with Crippen molar-refractivity contribution < 1.29 is 4.42 Å². The van der Waals surface area contributed by atoms with Crippen molar-refractivity contribution in [1.82, 2.24) is 4.98 Å². The maximum atomic E-state index is 9.09. The second kappa shape index (κ2) is 5.68. The lowest BCUT2D eigenvalue weighted by Crippen LogP contribution is -2.01. The summed E-state index contributed by atoms with van der Waals surface area (Å²) in [5, 5.41) is 12.4. The van der Waals surface area contributed by atoms with Gasteiger partial charge in [0.15, 0.2) is 11.5 Å². The molecule has 0 radical (unpaired) electrons. The summed E-state index contributed by atoms with van der Waals surface area (Å²) in [6.45, 7) is 2.62. The average molecular weight is 277 g/mol. The molecule has 4 heteroatoms. The number of benzene rings is 2. The molecule has 1 heterocycles. The number of oxazole rings is 1. The minimum Gasteiger partial charge on any atom is -0.441 e. The van der Waals surface area contributed by atoms with Gasteiger partial charge in [-0.2, -0.15) is 5.26 Å². The number of fused-ring (bicyclic) bond motifs is 1. The topological polar surface area (TPSA) is 61.9 Å². The lowest BCUT2D eigenvalue weighted by molar-refractivity contribution is 0.538. The number of nitriles is 1. The summed E-state index contributed by atoms with van der Waals surface area (Å²) in [6, 6.07) is 15.6. The molecule has 0 fully saturated rings. The molecule has 0 spiro atoms. The van der Waals surface area contributed by atoms with Gasteiger partial charge in [0, 0.05) is 18.7 Å². The molecule has 0 aliphatic heterocycles. The molecule has 0 atom stereocenters. The largest absolute Gasteiger partial charge is 0.441 e. The normalized spacial score (nSPS) is 10.5. The van der Waals surface area contributed by atoms with E-state index in [0.29, 0.717) is 12.1 Å². The summed E-state index contributed by atoms with van der Waals surface area (Å²) in [5.41, 5.74) is 4.29. The molecular weight excluding hydrogens is 262 g/mol. The van der Waals surface area contributed by atoms with Gasteiger partial charge in [-0.05, 0) is 29.8 Å². The van der Waals surface area contributed by atoms with E-state index >= 15 is 0 Å². The molecule has 0 bridgehead atoms. The van der Waals surface area contributed by atoms with Gasteiger partial charge in [0.05, 0.1) is 11.6 Å². The van der Waals surface area contributed by atoms with Crippen LogP contribution in [0, 0.1) is 11.3 Å². The number of rotatable bonds is 4. The van der Waals surface area contributed by atoms with Gasteiger partial charge in [-0.15, -0.1) is 0 Å². The molecule has 0 aliphatic rings. The Bertz CT molecular complexity index is 814. The van der Waals surface area contributed by atoms with E-state index in [1.54, 1.807) is 0 Å². The third-order valence-electron chi connectivity index (χ3n) is 3.36. The summed E-state index contributed by atoms with van der Waals surface area (Å²) in [4.78, 5) is 4.42. The molecule has 3 rings (SSSR count). The van der Waals surface area contributed by atoms with Crippen molar-refractivity contribution in [2.75, 3.05) is 5.32 Å². The van der Waals surface area contributed by atoms with Crippen LogP contribution in [0.4, 0.5) is 5.69 Å². The minimum atomic E-state index is 0.605. The molecule has 104 valence electrons. The lowest BCUT2D eigenvalue weighted by atomic mass is 10.1. The summed E-state index contributed by atoms with van der Waals surface area (Å²) in [7, 11) is 0. The number of hydrogen-bond donors (Lipinski definition) is 1. The van der Waals surface area contributed by atoms with E-state index in [2.05, 4.69) is 16.4 Å². The van der Waals surface area contributed by atoms with E-state index in [9.17, 15) is 0 Å². The third-order valence-corrected chi connectivity index (χ3v) is 3.36. The fourth-order valence-electron chi connectivity index (χ4n) is 2.22. The Hall–Kier alpha value is -2.80. The number of hydrogen-bond acceptors (Lipinski definition) is 4. The van der Waals surface area contributed by atoms with E-state index in [4.69, 9.17) is 9.68 Å². The van der Waals surface area contributed by atoms with Crippen LogP contribution in [0.1, 0.15) is 23.9 Å². The SMILES string of the molecule is CCc1nc2cc(NCc3ccccc3C#N)ccc2o1. The summed E-state index contributed by atoms with van der Waals surface area (Å²) in [6.07, 6.45) is 0.785. The van der Waals surface area contributed by atoms with Crippen LogP contribution in [0.3, 0.4) is 0 Å². The first-order valence-corrected chi connectivity index (χ1v) is 6.91. The molecule has 4 nitrogen and oxygen atoms in total. The molecule has 2 aromatic carbocycles. The Morgan fingerprint density at radius 3 is 2.90 bits per heavy atom. The van der Waals surface area contributed by atoms with Gasteiger partial charge in [0.25, 0.3) is 0 Å². The monoisotopic (exact) mass is 277 g/mol. The van der Waals surface area contributed by atoms with E-state index in [0.717, 1.165) is 34.7 Å². The number of aryl methyl sites for hydroxylation is 1. The highest BCUT2D eigenvalue weighted by Crippen LogP contribution is 2.21. The van der Waals surface area contributed by atoms with Crippen LogP contribution in [0.2, 0.25) is 0 Å². The molecule has 21 heavy (non-hydrogen) atoms. The Kier molecular flexibility index (Phi) is 3.57. The van der Waals surface area contributed by atoms with Crippen LogP contribution < -0.4 is 5.32 Å². The van der Waals surface area contributed by atoms with Crippen molar-refractivity contribution in [3.63, 3.8) is 0 Å². The number of nitrogens with one attached hydrogen (secondary N) is 1. The number of anilines is 1. The Morgan fingerprint density at radius 2 is 2.10 bits per heavy atom. The maximum Gasteiger partial charge on any atom is 0.195 e. The third kappa shape index (κ3) is 2.72. The van der Waals surface area contributed by atoms with Gasteiger partial charge in [0.2, 0.25) is 0 Å². The molecule has 1 aromatic heterocycles. The van der Waals surface area contributed by atoms with E-state index in [1.165, 1.54) is 0 Å². The first kappa shape index (κ1) is 13.2. The molecule has 0 saturated carbocycles. The minimum absolute atomic E-state index is 0.605. The van der Waals surface area contributed by atoms with E-state index in [-0.39, 0.29) is 0 Å². The van der Waals surface area contributed by atoms with Gasteiger partial charge >= 0.3 is 0 Å². The Labute approximate surface area is 123 Å². The fraction of sp³-hybridized carbons (Fsp3) is 0.176. The summed E-state index contributed by atoms with van der Waals surface area (Å²) in [5.74, 6) is 0.747. The first-order chi connectivity index (χ1) is 10.3. The summed E-state index contributed by atoms with van der Waals surface area (Å²) >= 11 is 0. The predicted molar refractivity (Wildman–Crippen MR) is 81.9 cm³/mol. The van der Waals surface area contributed by atoms with E-state index < -0.39 is 0 Å². The van der Waals surface area contributed by atoms with Crippen LogP contribution in [-0.2, 0) is 13.0 Å². The van der Waals surface area contributed by atoms with Gasteiger partial charge in [-0.25, -0.2) is 4.98 Å². The highest BCUT2D eigenvalue weighted by molar-refractivity contribution is 5.77. The van der Waals surface area contributed by atoms with Crippen molar-refractivity contribution >= 4 is 16.8 Å². The molecule has 1 N–H and O–H groups in total.